The number of H-pyrrole nitrogens is 1. The summed E-state index contributed by atoms with van der Waals surface area (Å²) < 4.78 is 6.88. The van der Waals surface area contributed by atoms with Crippen LogP contribution in [0.4, 0.5) is 5.82 Å². The van der Waals surface area contributed by atoms with E-state index in [1.54, 1.807) is 0 Å². The minimum atomic E-state index is 0.464. The molecule has 23 heavy (non-hydrogen) atoms. The summed E-state index contributed by atoms with van der Waals surface area (Å²) in [6.07, 6.45) is 0. The van der Waals surface area contributed by atoms with Crippen molar-refractivity contribution in [1.29, 1.82) is 0 Å². The number of nitrogens with one attached hydrogen (secondary N) is 1. The van der Waals surface area contributed by atoms with E-state index in [2.05, 4.69) is 32.8 Å². The number of nitrogens with zero attached hydrogens (tertiary/aromatic N) is 1. The highest BCUT2D eigenvalue weighted by Crippen LogP contribution is 2.37. The van der Waals surface area contributed by atoms with Crippen molar-refractivity contribution in [1.82, 2.24) is 10.2 Å². The Labute approximate surface area is 153 Å². The number of ether oxygens (including phenoxy) is 1. The van der Waals surface area contributed by atoms with Gasteiger partial charge in [0.15, 0.2) is 5.82 Å². The maximum absolute atomic E-state index is 6.29. The van der Waals surface area contributed by atoms with Crippen molar-refractivity contribution in [3.05, 3.63) is 62.2 Å². The van der Waals surface area contributed by atoms with Crippen molar-refractivity contribution in [3.63, 3.8) is 0 Å². The van der Waals surface area contributed by atoms with Gasteiger partial charge >= 0.3 is 0 Å². The molecule has 6 heteroatoms. The van der Waals surface area contributed by atoms with Gasteiger partial charge in [-0.1, -0.05) is 41.9 Å². The third-order valence-electron chi connectivity index (χ3n) is 3.50. The van der Waals surface area contributed by atoms with Crippen molar-refractivity contribution in [2.75, 3.05) is 5.73 Å². The number of aryl methyl sites for hydroxylation is 1. The lowest BCUT2D eigenvalue weighted by Crippen LogP contribution is -1.98. The summed E-state index contributed by atoms with van der Waals surface area (Å²) in [7, 11) is 0. The predicted octanol–water partition coefficient (Wildman–Crippen LogP) is 4.80. The number of hydrogen-bond acceptors (Lipinski definition) is 3. The molecule has 1 aromatic heterocycles. The molecular weight excluding hydrogens is 425 g/mol. The first-order valence-corrected chi connectivity index (χ1v) is 8.48. The summed E-state index contributed by atoms with van der Waals surface area (Å²) in [5.74, 6) is 1.21. The summed E-state index contributed by atoms with van der Waals surface area (Å²) in [6, 6.07) is 13.8. The Morgan fingerprint density at radius 3 is 2.65 bits per heavy atom. The fourth-order valence-electron chi connectivity index (χ4n) is 2.23. The van der Waals surface area contributed by atoms with Crippen molar-refractivity contribution >= 4 is 40.0 Å². The van der Waals surface area contributed by atoms with Crippen LogP contribution in [-0.4, -0.2) is 10.2 Å². The first-order chi connectivity index (χ1) is 11.1. The number of aromatic amines is 1. The molecule has 0 amide bonds. The summed E-state index contributed by atoms with van der Waals surface area (Å²) in [4.78, 5) is 0. The van der Waals surface area contributed by atoms with E-state index >= 15 is 0 Å². The highest BCUT2D eigenvalue weighted by Gasteiger charge is 2.16. The van der Waals surface area contributed by atoms with Crippen LogP contribution in [0.3, 0.4) is 0 Å². The van der Waals surface area contributed by atoms with Gasteiger partial charge in [-0.25, -0.2) is 0 Å². The van der Waals surface area contributed by atoms with Gasteiger partial charge in [-0.3, -0.25) is 5.10 Å². The molecule has 3 aromatic rings. The number of nitrogens with two attached hydrogens (primary N) is 1. The highest BCUT2D eigenvalue weighted by molar-refractivity contribution is 14.1. The molecule has 0 saturated carbocycles. The largest absolute Gasteiger partial charge is 0.488 e. The van der Waals surface area contributed by atoms with Gasteiger partial charge in [0.1, 0.15) is 12.4 Å². The first-order valence-electron chi connectivity index (χ1n) is 7.03. The van der Waals surface area contributed by atoms with Crippen LogP contribution in [0.15, 0.2) is 42.5 Å². The quantitative estimate of drug-likeness (QED) is 0.574. The van der Waals surface area contributed by atoms with Crippen LogP contribution in [0.25, 0.3) is 11.3 Å². The second-order valence-corrected chi connectivity index (χ2v) is 6.66. The standard InChI is InChI=1S/C17H15ClIN3O/c1-10-7-14(23-9-11-5-3-2-4-6-11)12(8-13(10)18)16-15(19)17(20)22-21-16/h2-8H,9H2,1H3,(H3,20,21,22). The van der Waals surface area contributed by atoms with E-state index in [4.69, 9.17) is 22.1 Å². The molecule has 118 valence electrons. The van der Waals surface area contributed by atoms with Crippen LogP contribution in [0.2, 0.25) is 5.02 Å². The molecule has 0 fully saturated rings. The smallest absolute Gasteiger partial charge is 0.159 e. The number of aromatic nitrogens is 2. The maximum atomic E-state index is 6.29. The van der Waals surface area contributed by atoms with Crippen molar-refractivity contribution in [2.24, 2.45) is 0 Å². The Hall–Kier alpha value is -1.73. The Morgan fingerprint density at radius 1 is 1.26 bits per heavy atom. The first kappa shape index (κ1) is 16.1. The van der Waals surface area contributed by atoms with E-state index in [-0.39, 0.29) is 0 Å². The Balaban J connectivity index is 1.98. The van der Waals surface area contributed by atoms with E-state index < -0.39 is 0 Å². The Bertz CT molecular complexity index is 833. The molecule has 3 rings (SSSR count). The van der Waals surface area contributed by atoms with Crippen molar-refractivity contribution < 1.29 is 4.74 Å². The van der Waals surface area contributed by atoms with Gasteiger partial charge in [0.05, 0.1) is 9.26 Å². The van der Waals surface area contributed by atoms with Gasteiger partial charge in [-0.2, -0.15) is 5.10 Å². The van der Waals surface area contributed by atoms with Gasteiger partial charge in [0.25, 0.3) is 0 Å². The zero-order valence-corrected chi connectivity index (χ0v) is 15.4. The third-order valence-corrected chi connectivity index (χ3v) is 5.00. The average Bonchev–Trinajstić information content (AvgIpc) is 2.89. The second-order valence-electron chi connectivity index (χ2n) is 5.17. The van der Waals surface area contributed by atoms with Crippen LogP contribution in [0.1, 0.15) is 11.1 Å². The molecular formula is C17H15ClIN3O. The van der Waals surface area contributed by atoms with E-state index in [1.165, 1.54) is 0 Å². The molecule has 3 N–H and O–H groups in total. The molecule has 0 unspecified atom stereocenters. The lowest BCUT2D eigenvalue weighted by Gasteiger charge is -2.13. The average molecular weight is 440 g/mol. The molecule has 0 bridgehead atoms. The van der Waals surface area contributed by atoms with Crippen molar-refractivity contribution in [3.8, 4) is 17.0 Å². The van der Waals surface area contributed by atoms with Crippen LogP contribution in [0, 0.1) is 10.5 Å². The van der Waals surface area contributed by atoms with Crippen LogP contribution >= 0.6 is 34.2 Å². The predicted molar refractivity (Wildman–Crippen MR) is 102 cm³/mol. The summed E-state index contributed by atoms with van der Waals surface area (Å²) in [6.45, 7) is 2.43. The van der Waals surface area contributed by atoms with Gasteiger partial charge < -0.3 is 10.5 Å². The van der Waals surface area contributed by atoms with Crippen LogP contribution in [-0.2, 0) is 6.61 Å². The summed E-state index contributed by atoms with van der Waals surface area (Å²) >= 11 is 8.45. The van der Waals surface area contributed by atoms with Crippen molar-refractivity contribution in [2.45, 2.75) is 13.5 Å². The fourth-order valence-corrected chi connectivity index (χ4v) is 2.92. The van der Waals surface area contributed by atoms with Crippen LogP contribution in [0.5, 0.6) is 5.75 Å². The molecule has 0 spiro atoms. The minimum Gasteiger partial charge on any atom is -0.488 e. The Morgan fingerprint density at radius 2 is 2.00 bits per heavy atom. The van der Waals surface area contributed by atoms with E-state index in [9.17, 15) is 0 Å². The van der Waals surface area contributed by atoms with Crippen LogP contribution < -0.4 is 10.5 Å². The molecule has 0 aliphatic rings. The molecule has 1 heterocycles. The maximum Gasteiger partial charge on any atom is 0.159 e. The SMILES string of the molecule is Cc1cc(OCc2ccccc2)c(-c2[nH]nc(N)c2I)cc1Cl. The summed E-state index contributed by atoms with van der Waals surface area (Å²) in [5.41, 5.74) is 9.56. The van der Waals surface area contributed by atoms with E-state index in [1.807, 2.05) is 49.4 Å². The second kappa shape index (κ2) is 6.80. The highest BCUT2D eigenvalue weighted by atomic mass is 127. The molecule has 0 aliphatic carbocycles. The van der Waals surface area contributed by atoms with Gasteiger partial charge in [0.2, 0.25) is 0 Å². The fraction of sp³-hybridized carbons (Fsp3) is 0.118. The molecule has 0 saturated heterocycles. The minimum absolute atomic E-state index is 0.464. The number of nitrogen functional groups attached to an aromatic ring is 1. The number of hydrogen-bond donors (Lipinski definition) is 2. The zero-order chi connectivity index (χ0) is 16.4. The number of halogens is 2. The summed E-state index contributed by atoms with van der Waals surface area (Å²) in [5, 5.41) is 7.68. The van der Waals surface area contributed by atoms with Gasteiger partial charge in [-0.05, 0) is 52.8 Å². The lowest BCUT2D eigenvalue weighted by atomic mass is 10.1. The van der Waals surface area contributed by atoms with Gasteiger partial charge in [0, 0.05) is 10.6 Å². The zero-order valence-electron chi connectivity index (χ0n) is 12.4. The monoisotopic (exact) mass is 439 g/mol. The van der Waals surface area contributed by atoms with E-state index in [0.717, 1.165) is 31.7 Å². The number of benzene rings is 2. The number of anilines is 1. The molecule has 0 atom stereocenters. The molecule has 0 radical (unpaired) electrons. The molecule has 2 aromatic carbocycles. The lowest BCUT2D eigenvalue weighted by molar-refractivity contribution is 0.307. The van der Waals surface area contributed by atoms with Gasteiger partial charge in [-0.15, -0.1) is 0 Å². The Kier molecular flexibility index (Phi) is 4.77. The normalized spacial score (nSPS) is 10.7. The molecule has 4 nitrogen and oxygen atoms in total. The number of rotatable bonds is 4. The third kappa shape index (κ3) is 3.45. The molecule has 0 aliphatic heterocycles. The topological polar surface area (TPSA) is 63.9 Å². The van der Waals surface area contributed by atoms with E-state index in [0.29, 0.717) is 17.4 Å².